The van der Waals surface area contributed by atoms with E-state index in [0.29, 0.717) is 5.30 Å². The number of rotatable bonds is 6. The summed E-state index contributed by atoms with van der Waals surface area (Å²) in [7, 11) is -3.79. The lowest BCUT2D eigenvalue weighted by Gasteiger charge is -2.32. The maximum absolute atomic E-state index is 13.6. The topological polar surface area (TPSA) is 55.4 Å². The van der Waals surface area contributed by atoms with Crippen molar-refractivity contribution in [2.75, 3.05) is 6.61 Å². The molecule has 2 aromatic rings. The molecule has 4 nitrogen and oxygen atoms in total. The van der Waals surface area contributed by atoms with Crippen LogP contribution in [0.4, 0.5) is 4.39 Å². The van der Waals surface area contributed by atoms with Crippen LogP contribution in [0.2, 0.25) is 0 Å². The number of hydrogen-bond donors (Lipinski definition) is 1. The van der Waals surface area contributed by atoms with Gasteiger partial charge in [0.05, 0.1) is 6.61 Å². The zero-order valence-corrected chi connectivity index (χ0v) is 16.8. The molecular weight excluding hydrogens is 423 g/mol. The first-order chi connectivity index (χ1) is 12.2. The number of carbonyl (C=O) groups is 1. The number of amides is 1. The molecule has 0 saturated carbocycles. The predicted octanol–water partition coefficient (Wildman–Crippen LogP) is 4.89. The van der Waals surface area contributed by atoms with Crippen molar-refractivity contribution >= 4 is 53.4 Å². The molecule has 1 N–H and O–H groups in total. The zero-order valence-electron chi connectivity index (χ0n) is 13.7. The van der Waals surface area contributed by atoms with Crippen LogP contribution in [-0.4, -0.2) is 22.1 Å². The Hall–Kier alpha value is -1.10. The lowest BCUT2D eigenvalue weighted by molar-refractivity contribution is 0.0945. The van der Waals surface area contributed by atoms with Crippen molar-refractivity contribution in [3.63, 3.8) is 0 Å². The molecule has 9 heteroatoms. The van der Waals surface area contributed by atoms with Gasteiger partial charge in [0, 0.05) is 10.9 Å². The second-order valence-corrected chi connectivity index (χ2v) is 10.1. The van der Waals surface area contributed by atoms with Gasteiger partial charge in [-0.25, -0.2) is 4.39 Å². The van der Waals surface area contributed by atoms with Gasteiger partial charge in [0.15, 0.2) is 5.78 Å². The summed E-state index contributed by atoms with van der Waals surface area (Å²) in [4.78, 5) is 12.5. The molecule has 26 heavy (non-hydrogen) atoms. The summed E-state index contributed by atoms with van der Waals surface area (Å²) in [5.41, 5.74) is 0.127. The standard InChI is InChI=1S/C17H16Cl3FNO3P/c1-2-25-26(24,14-6-4-3-5-7-14)16(17(18,19)20)22-15(23)12-8-10-13(21)11-9-12/h3-11,16H,2H2,1H3,(H,22,23)/t16-,26+/m0/s1. The predicted molar refractivity (Wildman–Crippen MR) is 103 cm³/mol. The average molecular weight is 439 g/mol. The summed E-state index contributed by atoms with van der Waals surface area (Å²) in [6.45, 7) is 1.72. The van der Waals surface area contributed by atoms with E-state index in [1.54, 1.807) is 37.3 Å². The molecule has 0 aliphatic carbocycles. The van der Waals surface area contributed by atoms with Crippen LogP contribution in [0.3, 0.4) is 0 Å². The Bertz CT molecular complexity index is 797. The molecule has 0 spiro atoms. The van der Waals surface area contributed by atoms with E-state index in [2.05, 4.69) is 5.32 Å². The Morgan fingerprint density at radius 1 is 1.15 bits per heavy atom. The Morgan fingerprint density at radius 3 is 2.23 bits per heavy atom. The minimum absolute atomic E-state index is 0.0792. The van der Waals surface area contributed by atoms with Crippen molar-refractivity contribution in [2.24, 2.45) is 0 Å². The van der Waals surface area contributed by atoms with Crippen molar-refractivity contribution in [1.82, 2.24) is 5.32 Å². The first-order valence-corrected chi connectivity index (χ1v) is 10.4. The van der Waals surface area contributed by atoms with Gasteiger partial charge >= 0.3 is 0 Å². The molecule has 0 aliphatic rings. The number of benzene rings is 2. The van der Waals surface area contributed by atoms with Gasteiger partial charge in [0.1, 0.15) is 5.82 Å². The monoisotopic (exact) mass is 437 g/mol. The summed E-state index contributed by atoms with van der Waals surface area (Å²) in [6, 6.07) is 13.0. The molecule has 2 atom stereocenters. The third kappa shape index (κ3) is 4.99. The molecule has 0 heterocycles. The highest BCUT2D eigenvalue weighted by molar-refractivity contribution is 7.68. The fraction of sp³-hybridized carbons (Fsp3) is 0.235. The Morgan fingerprint density at radius 2 is 1.73 bits per heavy atom. The molecule has 0 unspecified atom stereocenters. The zero-order chi connectivity index (χ0) is 19.4. The highest BCUT2D eigenvalue weighted by atomic mass is 35.6. The molecule has 2 aromatic carbocycles. The number of carbonyl (C=O) groups excluding carboxylic acids is 1. The third-order valence-electron chi connectivity index (χ3n) is 3.46. The van der Waals surface area contributed by atoms with Crippen LogP contribution in [-0.2, 0) is 9.09 Å². The molecule has 1 amide bonds. The molecule has 0 saturated heterocycles. The number of hydrogen-bond acceptors (Lipinski definition) is 3. The van der Waals surface area contributed by atoms with Crippen LogP contribution < -0.4 is 10.6 Å². The van der Waals surface area contributed by atoms with Gasteiger partial charge < -0.3 is 9.84 Å². The van der Waals surface area contributed by atoms with Crippen molar-refractivity contribution in [2.45, 2.75) is 16.5 Å². The van der Waals surface area contributed by atoms with Crippen LogP contribution in [0, 0.1) is 5.82 Å². The fourth-order valence-corrected chi connectivity index (χ4v) is 5.85. The molecule has 0 fully saturated rings. The highest BCUT2D eigenvalue weighted by Gasteiger charge is 2.49. The van der Waals surface area contributed by atoms with Gasteiger partial charge in [0.25, 0.3) is 13.3 Å². The van der Waals surface area contributed by atoms with Crippen LogP contribution in [0.15, 0.2) is 54.6 Å². The summed E-state index contributed by atoms with van der Waals surface area (Å²) in [6.07, 6.45) is 0. The summed E-state index contributed by atoms with van der Waals surface area (Å²) >= 11 is 18.1. The van der Waals surface area contributed by atoms with Gasteiger partial charge in [-0.05, 0) is 43.3 Å². The molecule has 0 bridgehead atoms. The third-order valence-corrected chi connectivity index (χ3v) is 7.43. The van der Waals surface area contributed by atoms with E-state index in [9.17, 15) is 13.8 Å². The maximum atomic E-state index is 13.6. The maximum Gasteiger partial charge on any atom is 0.258 e. The van der Waals surface area contributed by atoms with Crippen LogP contribution in [0.25, 0.3) is 0 Å². The summed E-state index contributed by atoms with van der Waals surface area (Å²) in [5, 5.41) is 2.77. The van der Waals surface area contributed by atoms with Crippen LogP contribution in [0.1, 0.15) is 17.3 Å². The summed E-state index contributed by atoms with van der Waals surface area (Å²) in [5.74, 6) is -2.61. The van der Waals surface area contributed by atoms with E-state index in [4.69, 9.17) is 39.3 Å². The Kier molecular flexibility index (Phi) is 7.12. The summed E-state index contributed by atoms with van der Waals surface area (Å²) < 4.78 is 30.1. The Balaban J connectivity index is 2.43. The normalized spacial score (nSPS) is 15.1. The highest BCUT2D eigenvalue weighted by Crippen LogP contribution is 2.57. The van der Waals surface area contributed by atoms with Gasteiger partial charge in [-0.2, -0.15) is 0 Å². The minimum Gasteiger partial charge on any atom is -0.336 e. The van der Waals surface area contributed by atoms with Crippen LogP contribution in [0.5, 0.6) is 0 Å². The van der Waals surface area contributed by atoms with Crippen LogP contribution >= 0.6 is 42.2 Å². The lowest BCUT2D eigenvalue weighted by atomic mass is 10.2. The molecule has 0 aromatic heterocycles. The van der Waals surface area contributed by atoms with E-state index in [0.717, 1.165) is 12.1 Å². The number of nitrogens with one attached hydrogen (secondary N) is 1. The molecule has 0 aliphatic heterocycles. The van der Waals surface area contributed by atoms with E-state index in [1.807, 2.05) is 0 Å². The van der Waals surface area contributed by atoms with E-state index in [-0.39, 0.29) is 12.2 Å². The van der Waals surface area contributed by atoms with Gasteiger partial charge in [-0.3, -0.25) is 9.36 Å². The van der Waals surface area contributed by atoms with E-state index in [1.165, 1.54) is 12.1 Å². The van der Waals surface area contributed by atoms with Crippen molar-refractivity contribution in [1.29, 1.82) is 0 Å². The SMILES string of the molecule is CCO[P@](=O)(c1ccccc1)[C@H](NC(=O)c1ccc(F)cc1)C(Cl)(Cl)Cl. The largest absolute Gasteiger partial charge is 0.336 e. The van der Waals surface area contributed by atoms with E-state index < -0.39 is 28.7 Å². The molecule has 0 radical (unpaired) electrons. The van der Waals surface area contributed by atoms with Gasteiger partial charge in [0.2, 0.25) is 3.79 Å². The Labute approximate surface area is 166 Å². The molecule has 2 rings (SSSR count). The van der Waals surface area contributed by atoms with Gasteiger partial charge in [-0.1, -0.05) is 53.0 Å². The average Bonchev–Trinajstić information content (AvgIpc) is 2.60. The first kappa shape index (κ1) is 21.2. The van der Waals surface area contributed by atoms with Crippen molar-refractivity contribution in [3.05, 3.63) is 66.0 Å². The van der Waals surface area contributed by atoms with E-state index >= 15 is 0 Å². The fourth-order valence-electron chi connectivity index (χ4n) is 2.29. The first-order valence-electron chi connectivity index (χ1n) is 7.61. The quantitative estimate of drug-likeness (QED) is 0.516. The number of halogens is 4. The van der Waals surface area contributed by atoms with Crippen molar-refractivity contribution in [3.8, 4) is 0 Å². The smallest absolute Gasteiger partial charge is 0.258 e. The number of alkyl halides is 3. The van der Waals surface area contributed by atoms with Gasteiger partial charge in [-0.15, -0.1) is 0 Å². The second-order valence-electron chi connectivity index (χ2n) is 5.27. The second kappa shape index (κ2) is 8.73. The molecular formula is C17H16Cl3FNO3P. The minimum atomic E-state index is -3.79. The molecule has 140 valence electrons. The van der Waals surface area contributed by atoms with Crippen molar-refractivity contribution < 1.29 is 18.3 Å². The lowest BCUT2D eigenvalue weighted by Crippen LogP contribution is -2.46.